The van der Waals surface area contributed by atoms with Gasteiger partial charge in [-0.15, -0.1) is 0 Å². The molecular formula is C21H21N5. The van der Waals surface area contributed by atoms with Gasteiger partial charge in [0.2, 0.25) is 0 Å². The minimum Gasteiger partial charge on any atom is -0.363 e. The summed E-state index contributed by atoms with van der Waals surface area (Å²) < 4.78 is 0. The normalized spacial score (nSPS) is 18.2. The molecule has 26 heavy (non-hydrogen) atoms. The number of rotatable bonds is 3. The first kappa shape index (κ1) is 15.5. The number of pyridine rings is 1. The highest BCUT2D eigenvalue weighted by molar-refractivity contribution is 5.60. The molecule has 0 spiro atoms. The van der Waals surface area contributed by atoms with Crippen LogP contribution in [0, 0.1) is 0 Å². The molecule has 5 nitrogen and oxygen atoms in total. The Morgan fingerprint density at radius 2 is 1.88 bits per heavy atom. The van der Waals surface area contributed by atoms with Crippen LogP contribution in [-0.2, 0) is 19.4 Å². The van der Waals surface area contributed by atoms with Gasteiger partial charge in [0.05, 0.1) is 11.7 Å². The number of hydrogen-bond acceptors (Lipinski definition) is 5. The lowest BCUT2D eigenvalue weighted by molar-refractivity contribution is 0.623. The second-order valence-electron chi connectivity index (χ2n) is 6.92. The van der Waals surface area contributed by atoms with Gasteiger partial charge >= 0.3 is 0 Å². The van der Waals surface area contributed by atoms with E-state index in [0.717, 1.165) is 55.3 Å². The Labute approximate surface area is 152 Å². The summed E-state index contributed by atoms with van der Waals surface area (Å²) in [6.45, 7) is 1.77. The number of nitrogens with one attached hydrogen (secondary N) is 2. The quantitative estimate of drug-likeness (QED) is 0.764. The minimum atomic E-state index is 0.324. The number of anilines is 1. The molecule has 1 aliphatic carbocycles. The Bertz CT molecular complexity index is 938. The molecule has 2 N–H and O–H groups in total. The van der Waals surface area contributed by atoms with E-state index in [9.17, 15) is 0 Å². The van der Waals surface area contributed by atoms with Crippen LogP contribution in [0.4, 0.5) is 5.82 Å². The maximum absolute atomic E-state index is 4.91. The van der Waals surface area contributed by atoms with Gasteiger partial charge in [0.25, 0.3) is 0 Å². The van der Waals surface area contributed by atoms with Crippen molar-refractivity contribution in [3.05, 3.63) is 71.2 Å². The first-order valence-electron chi connectivity index (χ1n) is 9.24. The van der Waals surface area contributed by atoms with Crippen LogP contribution in [0.25, 0.3) is 11.4 Å². The molecule has 1 aromatic carbocycles. The summed E-state index contributed by atoms with van der Waals surface area (Å²) in [6, 6.07) is 13.0. The summed E-state index contributed by atoms with van der Waals surface area (Å²) in [5.41, 5.74) is 6.21. The molecule has 5 rings (SSSR count). The van der Waals surface area contributed by atoms with Crippen LogP contribution < -0.4 is 10.6 Å². The van der Waals surface area contributed by atoms with Crippen molar-refractivity contribution in [3.63, 3.8) is 0 Å². The van der Waals surface area contributed by atoms with Crippen LogP contribution >= 0.6 is 0 Å². The summed E-state index contributed by atoms with van der Waals surface area (Å²) in [6.07, 6.45) is 6.77. The molecule has 0 bridgehead atoms. The number of aromatic nitrogens is 3. The summed E-state index contributed by atoms with van der Waals surface area (Å²) in [5, 5.41) is 7.17. The van der Waals surface area contributed by atoms with Crippen molar-refractivity contribution in [2.45, 2.75) is 31.8 Å². The lowest BCUT2D eigenvalue weighted by Gasteiger charge is -2.23. The summed E-state index contributed by atoms with van der Waals surface area (Å²) in [4.78, 5) is 13.8. The van der Waals surface area contributed by atoms with Crippen molar-refractivity contribution in [1.29, 1.82) is 0 Å². The van der Waals surface area contributed by atoms with Crippen molar-refractivity contribution in [2.24, 2.45) is 0 Å². The summed E-state index contributed by atoms with van der Waals surface area (Å²) >= 11 is 0. The predicted molar refractivity (Wildman–Crippen MR) is 102 cm³/mol. The number of nitrogens with zero attached hydrogens (tertiary/aromatic N) is 3. The SMILES string of the molecule is c1ccc2c(c1)CCC2Nc1nc(-c2ccncc2)nc2c1CCNC2. The maximum Gasteiger partial charge on any atom is 0.161 e. The van der Waals surface area contributed by atoms with Crippen LogP contribution in [0.3, 0.4) is 0 Å². The van der Waals surface area contributed by atoms with Gasteiger partial charge in [0, 0.05) is 30.1 Å². The molecule has 0 fully saturated rings. The minimum absolute atomic E-state index is 0.324. The maximum atomic E-state index is 4.91. The average Bonchev–Trinajstić information content (AvgIpc) is 3.11. The van der Waals surface area contributed by atoms with E-state index in [-0.39, 0.29) is 0 Å². The van der Waals surface area contributed by atoms with Gasteiger partial charge in [0.1, 0.15) is 5.82 Å². The largest absolute Gasteiger partial charge is 0.363 e. The van der Waals surface area contributed by atoms with Gasteiger partial charge in [-0.3, -0.25) is 4.98 Å². The van der Waals surface area contributed by atoms with Crippen LogP contribution in [0.15, 0.2) is 48.8 Å². The average molecular weight is 343 g/mol. The van der Waals surface area contributed by atoms with E-state index in [4.69, 9.17) is 9.97 Å². The van der Waals surface area contributed by atoms with E-state index in [1.54, 1.807) is 12.4 Å². The van der Waals surface area contributed by atoms with Gasteiger partial charge in [-0.25, -0.2) is 9.97 Å². The van der Waals surface area contributed by atoms with Crippen molar-refractivity contribution < 1.29 is 0 Å². The lowest BCUT2D eigenvalue weighted by atomic mass is 10.0. The van der Waals surface area contributed by atoms with E-state index < -0.39 is 0 Å². The Balaban J connectivity index is 1.55. The van der Waals surface area contributed by atoms with E-state index >= 15 is 0 Å². The Kier molecular flexibility index (Phi) is 3.87. The van der Waals surface area contributed by atoms with Crippen molar-refractivity contribution in [3.8, 4) is 11.4 Å². The molecule has 1 unspecified atom stereocenters. The smallest absolute Gasteiger partial charge is 0.161 e. The fraction of sp³-hybridized carbons (Fsp3) is 0.286. The molecule has 3 aromatic rings. The van der Waals surface area contributed by atoms with Crippen molar-refractivity contribution in [2.75, 3.05) is 11.9 Å². The third-order valence-electron chi connectivity index (χ3n) is 5.32. The van der Waals surface area contributed by atoms with E-state index in [1.807, 2.05) is 12.1 Å². The molecule has 0 radical (unpaired) electrons. The highest BCUT2D eigenvalue weighted by Crippen LogP contribution is 2.35. The van der Waals surface area contributed by atoms with Gasteiger partial charge in [-0.1, -0.05) is 24.3 Å². The Morgan fingerprint density at radius 1 is 1.00 bits per heavy atom. The molecule has 130 valence electrons. The highest BCUT2D eigenvalue weighted by Gasteiger charge is 2.25. The number of benzene rings is 1. The zero-order valence-electron chi connectivity index (χ0n) is 14.6. The number of hydrogen-bond donors (Lipinski definition) is 2. The molecule has 0 saturated heterocycles. The van der Waals surface area contributed by atoms with Crippen LogP contribution in [0.1, 0.15) is 34.8 Å². The van der Waals surface area contributed by atoms with Crippen LogP contribution in [0.2, 0.25) is 0 Å². The Hall–Kier alpha value is -2.79. The fourth-order valence-electron chi connectivity index (χ4n) is 3.98. The summed E-state index contributed by atoms with van der Waals surface area (Å²) in [5.74, 6) is 1.76. The fourth-order valence-corrected chi connectivity index (χ4v) is 3.98. The first-order chi connectivity index (χ1) is 12.9. The molecule has 2 aromatic heterocycles. The van der Waals surface area contributed by atoms with Gasteiger partial charge in [-0.2, -0.15) is 0 Å². The molecule has 0 saturated carbocycles. The Morgan fingerprint density at radius 3 is 2.81 bits per heavy atom. The third-order valence-corrected chi connectivity index (χ3v) is 5.32. The van der Waals surface area contributed by atoms with E-state index in [0.29, 0.717) is 6.04 Å². The second kappa shape index (κ2) is 6.50. The van der Waals surface area contributed by atoms with Crippen LogP contribution in [0.5, 0.6) is 0 Å². The van der Waals surface area contributed by atoms with Crippen molar-refractivity contribution in [1.82, 2.24) is 20.3 Å². The number of aryl methyl sites for hydroxylation is 1. The predicted octanol–water partition coefficient (Wildman–Crippen LogP) is 3.28. The topological polar surface area (TPSA) is 62.7 Å². The highest BCUT2D eigenvalue weighted by atomic mass is 15.1. The monoisotopic (exact) mass is 343 g/mol. The standard InChI is InChI=1S/C21H21N5/c1-2-4-16-14(3-1)5-6-18(16)24-21-17-9-12-23-13-19(17)25-20(26-21)15-7-10-22-11-8-15/h1-4,7-8,10-11,18,23H,5-6,9,12-13H2,(H,24,25,26). The molecule has 1 aliphatic heterocycles. The molecule has 3 heterocycles. The molecule has 5 heteroatoms. The van der Waals surface area contributed by atoms with Gasteiger partial charge < -0.3 is 10.6 Å². The van der Waals surface area contributed by atoms with Crippen LogP contribution in [-0.4, -0.2) is 21.5 Å². The zero-order valence-corrected chi connectivity index (χ0v) is 14.6. The van der Waals surface area contributed by atoms with Crippen molar-refractivity contribution >= 4 is 5.82 Å². The molecule has 1 atom stereocenters. The molecule has 2 aliphatic rings. The van der Waals surface area contributed by atoms with Gasteiger partial charge in [0.15, 0.2) is 5.82 Å². The zero-order chi connectivity index (χ0) is 17.3. The second-order valence-corrected chi connectivity index (χ2v) is 6.92. The third kappa shape index (κ3) is 2.74. The number of fused-ring (bicyclic) bond motifs is 2. The summed E-state index contributed by atoms with van der Waals surface area (Å²) in [7, 11) is 0. The molecular weight excluding hydrogens is 322 g/mol. The lowest BCUT2D eigenvalue weighted by Crippen LogP contribution is -2.27. The molecule has 0 amide bonds. The first-order valence-corrected chi connectivity index (χ1v) is 9.24. The van der Waals surface area contributed by atoms with E-state index in [2.05, 4.69) is 39.9 Å². The van der Waals surface area contributed by atoms with Gasteiger partial charge in [-0.05, 0) is 49.1 Å². The van der Waals surface area contributed by atoms with E-state index in [1.165, 1.54) is 16.7 Å².